The molecule has 1 amide bonds. The summed E-state index contributed by atoms with van der Waals surface area (Å²) in [5, 5.41) is 8.64. The minimum atomic E-state index is -0.745. The maximum atomic E-state index is 12.2. The van der Waals surface area contributed by atoms with Gasteiger partial charge in [-0.05, 0) is 38.8 Å². The van der Waals surface area contributed by atoms with Gasteiger partial charge in [0.25, 0.3) is 0 Å². The van der Waals surface area contributed by atoms with Crippen LogP contribution in [0.5, 0.6) is 0 Å². The van der Waals surface area contributed by atoms with E-state index < -0.39 is 5.97 Å². The second-order valence-electron chi connectivity index (χ2n) is 5.29. The Morgan fingerprint density at radius 3 is 2.22 bits per heavy atom. The molecule has 0 unspecified atom stereocenters. The fourth-order valence-electron chi connectivity index (χ4n) is 2.85. The van der Waals surface area contributed by atoms with Crippen LogP contribution in [0.3, 0.4) is 0 Å². The summed E-state index contributed by atoms with van der Waals surface area (Å²) in [5.74, 6) is -0.250. The molecule has 5 nitrogen and oxygen atoms in total. The topological polar surface area (TPSA) is 60.9 Å². The van der Waals surface area contributed by atoms with Crippen molar-refractivity contribution in [1.29, 1.82) is 0 Å². The molecule has 18 heavy (non-hydrogen) atoms. The molecule has 0 saturated carbocycles. The summed E-state index contributed by atoms with van der Waals surface area (Å²) in [6.07, 6.45) is 4.25. The number of carbonyl (C=O) groups excluding carboxylic acids is 1. The van der Waals surface area contributed by atoms with Crippen LogP contribution < -0.4 is 0 Å². The van der Waals surface area contributed by atoms with E-state index in [1.54, 1.807) is 0 Å². The van der Waals surface area contributed by atoms with Crippen LogP contribution in [0.25, 0.3) is 0 Å². The van der Waals surface area contributed by atoms with Crippen molar-refractivity contribution in [3.8, 4) is 0 Å². The van der Waals surface area contributed by atoms with Gasteiger partial charge in [-0.25, -0.2) is 0 Å². The first-order valence-corrected chi connectivity index (χ1v) is 6.90. The van der Waals surface area contributed by atoms with Crippen molar-refractivity contribution in [2.75, 3.05) is 32.7 Å². The van der Waals surface area contributed by atoms with Gasteiger partial charge in [0.15, 0.2) is 0 Å². The summed E-state index contributed by atoms with van der Waals surface area (Å²) in [6.45, 7) is 4.19. The molecule has 102 valence electrons. The van der Waals surface area contributed by atoms with Gasteiger partial charge in [0, 0.05) is 25.6 Å². The van der Waals surface area contributed by atoms with E-state index in [-0.39, 0.29) is 12.3 Å². The lowest BCUT2D eigenvalue weighted by molar-refractivity contribution is -0.138. The number of carboxylic acid groups (broad SMARTS) is 1. The number of carboxylic acids is 1. The third-order valence-corrected chi connectivity index (χ3v) is 4.00. The van der Waals surface area contributed by atoms with Crippen LogP contribution in [0, 0.1) is 5.92 Å². The normalized spacial score (nSPS) is 22.3. The van der Waals surface area contributed by atoms with Crippen LogP contribution in [0.4, 0.5) is 0 Å². The molecule has 2 aliphatic rings. The van der Waals surface area contributed by atoms with Crippen LogP contribution in [0.2, 0.25) is 0 Å². The average Bonchev–Trinajstić information content (AvgIpc) is 2.90. The molecule has 0 radical (unpaired) electrons. The van der Waals surface area contributed by atoms with Gasteiger partial charge in [0.1, 0.15) is 0 Å². The molecule has 0 atom stereocenters. The smallest absolute Gasteiger partial charge is 0.304 e. The van der Waals surface area contributed by atoms with Crippen LogP contribution in [-0.4, -0.2) is 59.5 Å². The van der Waals surface area contributed by atoms with E-state index in [1.165, 1.54) is 0 Å². The summed E-state index contributed by atoms with van der Waals surface area (Å²) in [6, 6.07) is 0. The molecule has 0 spiro atoms. The minimum Gasteiger partial charge on any atom is -0.481 e. The molecule has 2 saturated heterocycles. The zero-order valence-electron chi connectivity index (χ0n) is 10.8. The number of likely N-dealkylation sites (tertiary alicyclic amines) is 2. The first-order chi connectivity index (χ1) is 8.66. The second kappa shape index (κ2) is 6.18. The van der Waals surface area contributed by atoms with Crippen molar-refractivity contribution in [3.63, 3.8) is 0 Å². The van der Waals surface area contributed by atoms with E-state index >= 15 is 0 Å². The Balaban J connectivity index is 1.72. The summed E-state index contributed by atoms with van der Waals surface area (Å²) in [4.78, 5) is 26.8. The summed E-state index contributed by atoms with van der Waals surface area (Å²) in [7, 11) is 0. The molecule has 0 aromatic rings. The molecular weight excluding hydrogens is 232 g/mol. The highest BCUT2D eigenvalue weighted by Gasteiger charge is 2.29. The molecule has 0 aromatic carbocycles. The van der Waals surface area contributed by atoms with Crippen LogP contribution >= 0.6 is 0 Å². The maximum absolute atomic E-state index is 12.2. The molecule has 5 heteroatoms. The van der Waals surface area contributed by atoms with Crippen LogP contribution in [0.15, 0.2) is 0 Å². The van der Waals surface area contributed by atoms with Crippen molar-refractivity contribution in [2.24, 2.45) is 5.92 Å². The fraction of sp³-hybridized carbons (Fsp3) is 0.846. The first kappa shape index (κ1) is 13.3. The summed E-state index contributed by atoms with van der Waals surface area (Å²) >= 11 is 0. The van der Waals surface area contributed by atoms with Crippen molar-refractivity contribution < 1.29 is 14.7 Å². The number of carbonyl (C=O) groups is 2. The fourth-order valence-corrected chi connectivity index (χ4v) is 2.85. The van der Waals surface area contributed by atoms with Gasteiger partial charge in [-0.2, -0.15) is 0 Å². The third-order valence-electron chi connectivity index (χ3n) is 4.00. The van der Waals surface area contributed by atoms with E-state index in [2.05, 4.69) is 4.90 Å². The van der Waals surface area contributed by atoms with Crippen molar-refractivity contribution in [1.82, 2.24) is 9.80 Å². The van der Waals surface area contributed by atoms with Gasteiger partial charge in [0.05, 0.1) is 6.42 Å². The lowest BCUT2D eigenvalue weighted by Crippen LogP contribution is -2.42. The van der Waals surface area contributed by atoms with Gasteiger partial charge in [-0.15, -0.1) is 0 Å². The summed E-state index contributed by atoms with van der Waals surface area (Å²) < 4.78 is 0. The molecule has 1 N–H and O–H groups in total. The van der Waals surface area contributed by atoms with E-state index in [0.29, 0.717) is 12.5 Å². The molecular formula is C13H22N2O3. The third kappa shape index (κ3) is 3.45. The number of nitrogens with zero attached hydrogens (tertiary/aromatic N) is 2. The highest BCUT2D eigenvalue weighted by Crippen LogP contribution is 2.22. The monoisotopic (exact) mass is 254 g/mol. The predicted octanol–water partition coefficient (Wildman–Crippen LogP) is 0.795. The van der Waals surface area contributed by atoms with Gasteiger partial charge >= 0.3 is 5.97 Å². The highest BCUT2D eigenvalue weighted by atomic mass is 16.4. The summed E-state index contributed by atoms with van der Waals surface area (Å²) in [5.41, 5.74) is 0. The Bertz CT molecular complexity index is 305. The Hall–Kier alpha value is -1.10. The Labute approximate surface area is 108 Å². The number of piperidine rings is 1. The molecule has 2 heterocycles. The largest absolute Gasteiger partial charge is 0.481 e. The van der Waals surface area contributed by atoms with Gasteiger partial charge in [-0.3, -0.25) is 9.59 Å². The Kier molecular flexibility index (Phi) is 4.58. The molecule has 2 fully saturated rings. The Morgan fingerprint density at radius 1 is 1.06 bits per heavy atom. The van der Waals surface area contributed by atoms with Crippen molar-refractivity contribution >= 4 is 11.9 Å². The first-order valence-electron chi connectivity index (χ1n) is 6.90. The molecule has 2 aliphatic heterocycles. The number of aliphatic carboxylic acids is 1. The van der Waals surface area contributed by atoms with Crippen LogP contribution in [0.1, 0.15) is 32.1 Å². The molecule has 0 aromatic heterocycles. The van der Waals surface area contributed by atoms with Gasteiger partial charge in [-0.1, -0.05) is 0 Å². The van der Waals surface area contributed by atoms with E-state index in [4.69, 9.17) is 5.11 Å². The van der Waals surface area contributed by atoms with Gasteiger partial charge < -0.3 is 14.9 Å². The average molecular weight is 254 g/mol. The second-order valence-corrected chi connectivity index (χ2v) is 5.29. The SMILES string of the molecule is O=C(O)CCN1CCC(C(=O)N2CCCC2)CC1. The van der Waals surface area contributed by atoms with Crippen LogP contribution in [-0.2, 0) is 9.59 Å². The number of rotatable bonds is 4. The molecule has 0 aliphatic carbocycles. The highest BCUT2D eigenvalue weighted by molar-refractivity contribution is 5.79. The van der Waals surface area contributed by atoms with Crippen molar-refractivity contribution in [3.05, 3.63) is 0 Å². The van der Waals surface area contributed by atoms with E-state index in [9.17, 15) is 9.59 Å². The molecule has 0 bridgehead atoms. The minimum absolute atomic E-state index is 0.171. The predicted molar refractivity (Wildman–Crippen MR) is 67.2 cm³/mol. The lowest BCUT2D eigenvalue weighted by Gasteiger charge is -2.32. The Morgan fingerprint density at radius 2 is 1.67 bits per heavy atom. The number of hydrogen-bond donors (Lipinski definition) is 1. The van der Waals surface area contributed by atoms with Crippen molar-refractivity contribution in [2.45, 2.75) is 32.1 Å². The maximum Gasteiger partial charge on any atom is 0.304 e. The lowest BCUT2D eigenvalue weighted by atomic mass is 9.95. The van der Waals surface area contributed by atoms with E-state index in [0.717, 1.165) is 51.9 Å². The zero-order valence-corrected chi connectivity index (χ0v) is 10.8. The van der Waals surface area contributed by atoms with E-state index in [1.807, 2.05) is 4.90 Å². The standard InChI is InChI=1S/C13H22N2O3/c16-12(17)5-10-14-8-3-11(4-9-14)13(18)15-6-1-2-7-15/h11H,1-10H2,(H,16,17). The quantitative estimate of drug-likeness (QED) is 0.806. The molecule has 2 rings (SSSR count). The van der Waals surface area contributed by atoms with Gasteiger partial charge in [0.2, 0.25) is 5.91 Å². The number of hydrogen-bond acceptors (Lipinski definition) is 3. The number of amides is 1. The zero-order chi connectivity index (χ0) is 13.0.